The van der Waals surface area contributed by atoms with Gasteiger partial charge in [0.25, 0.3) is 0 Å². The predicted molar refractivity (Wildman–Crippen MR) is 65.3 cm³/mol. The fraction of sp³-hybridized carbons (Fsp3) is 0.923. The van der Waals surface area contributed by atoms with Crippen LogP contribution in [0.25, 0.3) is 0 Å². The number of Topliss-reactive ketones (excluding diaryl/α,β-unsaturated/α-hetero) is 1. The summed E-state index contributed by atoms with van der Waals surface area (Å²) in [7, 11) is 1.97. The van der Waals surface area contributed by atoms with Crippen LogP contribution < -0.4 is 0 Å². The van der Waals surface area contributed by atoms with Crippen LogP contribution in [0.15, 0.2) is 0 Å². The van der Waals surface area contributed by atoms with E-state index in [0.29, 0.717) is 17.7 Å². The number of nitrogens with zero attached hydrogens (tertiary/aromatic N) is 1. The number of hydrogen-bond donors (Lipinski definition) is 1. The topological polar surface area (TPSA) is 40.5 Å². The van der Waals surface area contributed by atoms with Crippen molar-refractivity contribution in [3.05, 3.63) is 0 Å². The molecule has 0 bridgehead atoms. The molecule has 2 unspecified atom stereocenters. The van der Waals surface area contributed by atoms with Crippen molar-refractivity contribution in [1.82, 2.24) is 4.90 Å². The highest BCUT2D eigenvalue weighted by molar-refractivity contribution is 5.82. The Bertz CT molecular complexity index is 248. The Hall–Kier alpha value is -0.410. The zero-order valence-corrected chi connectivity index (χ0v) is 11.0. The minimum atomic E-state index is -0.322. The zero-order chi connectivity index (χ0) is 12.3. The van der Waals surface area contributed by atoms with Crippen molar-refractivity contribution in [2.75, 3.05) is 20.1 Å². The highest BCUT2D eigenvalue weighted by Crippen LogP contribution is 2.36. The van der Waals surface area contributed by atoms with Crippen LogP contribution in [0.2, 0.25) is 0 Å². The molecule has 1 rings (SSSR count). The van der Waals surface area contributed by atoms with Crippen LogP contribution in [0, 0.1) is 11.3 Å². The molecule has 0 aromatic heterocycles. The second-order valence-corrected chi connectivity index (χ2v) is 6.10. The van der Waals surface area contributed by atoms with Crippen molar-refractivity contribution in [1.29, 1.82) is 0 Å². The number of likely N-dealkylation sites (N-methyl/N-ethyl adjacent to an activating group) is 1. The van der Waals surface area contributed by atoms with Crippen molar-refractivity contribution in [3.8, 4) is 0 Å². The Morgan fingerprint density at radius 1 is 1.56 bits per heavy atom. The molecule has 1 aliphatic rings. The standard InChI is InChI=1S/C13H25NO2/c1-10(15)8-14(4)9-11-7-13(2,3)6-5-12(11)16/h10-11,15H,5-9H2,1-4H3. The zero-order valence-electron chi connectivity index (χ0n) is 11.0. The first kappa shape index (κ1) is 13.7. The first-order chi connectivity index (χ1) is 7.30. The summed E-state index contributed by atoms with van der Waals surface area (Å²) in [6.45, 7) is 7.68. The molecule has 3 nitrogen and oxygen atoms in total. The van der Waals surface area contributed by atoms with Gasteiger partial charge < -0.3 is 10.0 Å². The molecule has 94 valence electrons. The van der Waals surface area contributed by atoms with E-state index in [2.05, 4.69) is 18.7 Å². The number of rotatable bonds is 4. The van der Waals surface area contributed by atoms with Gasteiger partial charge in [-0.25, -0.2) is 0 Å². The summed E-state index contributed by atoms with van der Waals surface area (Å²) in [5, 5.41) is 9.29. The van der Waals surface area contributed by atoms with E-state index >= 15 is 0 Å². The Labute approximate surface area is 98.8 Å². The molecular formula is C13H25NO2. The molecule has 0 aromatic rings. The van der Waals surface area contributed by atoms with Crippen molar-refractivity contribution >= 4 is 5.78 Å². The van der Waals surface area contributed by atoms with E-state index in [0.717, 1.165) is 25.8 Å². The van der Waals surface area contributed by atoms with Crippen LogP contribution in [0.3, 0.4) is 0 Å². The Morgan fingerprint density at radius 3 is 2.75 bits per heavy atom. The second-order valence-electron chi connectivity index (χ2n) is 6.10. The van der Waals surface area contributed by atoms with Gasteiger partial charge in [-0.05, 0) is 32.2 Å². The van der Waals surface area contributed by atoms with Gasteiger partial charge in [-0.2, -0.15) is 0 Å². The molecule has 2 atom stereocenters. The molecule has 1 N–H and O–H groups in total. The van der Waals surface area contributed by atoms with Crippen molar-refractivity contribution in [2.24, 2.45) is 11.3 Å². The second kappa shape index (κ2) is 5.28. The third-order valence-electron chi connectivity index (χ3n) is 3.41. The first-order valence-electron chi connectivity index (χ1n) is 6.19. The smallest absolute Gasteiger partial charge is 0.137 e. The van der Waals surface area contributed by atoms with Gasteiger partial charge in [0.05, 0.1) is 6.10 Å². The minimum absolute atomic E-state index is 0.160. The van der Waals surface area contributed by atoms with Crippen LogP contribution in [0.5, 0.6) is 0 Å². The molecular weight excluding hydrogens is 202 g/mol. The van der Waals surface area contributed by atoms with Gasteiger partial charge in [-0.15, -0.1) is 0 Å². The minimum Gasteiger partial charge on any atom is -0.392 e. The van der Waals surface area contributed by atoms with Crippen LogP contribution in [0.1, 0.15) is 40.0 Å². The number of carbonyl (C=O) groups is 1. The Balaban J connectivity index is 2.48. The van der Waals surface area contributed by atoms with Gasteiger partial charge in [0.1, 0.15) is 5.78 Å². The lowest BCUT2D eigenvalue weighted by Crippen LogP contribution is -2.39. The van der Waals surface area contributed by atoms with Crippen LogP contribution in [-0.4, -0.2) is 42.0 Å². The average molecular weight is 227 g/mol. The number of aliphatic hydroxyl groups is 1. The van der Waals surface area contributed by atoms with Crippen LogP contribution in [-0.2, 0) is 4.79 Å². The summed E-state index contributed by atoms with van der Waals surface area (Å²) in [6.07, 6.45) is 2.40. The predicted octanol–water partition coefficient (Wildman–Crippen LogP) is 1.69. The van der Waals surface area contributed by atoms with Crippen molar-refractivity contribution < 1.29 is 9.90 Å². The van der Waals surface area contributed by atoms with Crippen molar-refractivity contribution in [3.63, 3.8) is 0 Å². The molecule has 0 saturated heterocycles. The lowest BCUT2D eigenvalue weighted by Gasteiger charge is -2.36. The Morgan fingerprint density at radius 2 is 2.19 bits per heavy atom. The molecule has 1 aliphatic carbocycles. The fourth-order valence-corrected chi connectivity index (χ4v) is 2.62. The van der Waals surface area contributed by atoms with Gasteiger partial charge in [0.2, 0.25) is 0 Å². The third-order valence-corrected chi connectivity index (χ3v) is 3.41. The molecule has 3 heteroatoms. The number of ketones is 1. The van der Waals surface area contributed by atoms with Gasteiger partial charge in [-0.1, -0.05) is 13.8 Å². The molecule has 0 spiro atoms. The number of carbonyl (C=O) groups excluding carboxylic acids is 1. The third kappa shape index (κ3) is 4.22. The SMILES string of the molecule is CC(O)CN(C)CC1CC(C)(C)CCC1=O. The monoisotopic (exact) mass is 227 g/mol. The Kier molecular flexibility index (Phi) is 4.51. The maximum absolute atomic E-state index is 11.8. The van der Waals surface area contributed by atoms with E-state index in [1.54, 1.807) is 6.92 Å². The normalized spacial score (nSPS) is 27.1. The van der Waals surface area contributed by atoms with Crippen LogP contribution >= 0.6 is 0 Å². The molecule has 0 aliphatic heterocycles. The highest BCUT2D eigenvalue weighted by atomic mass is 16.3. The molecule has 0 aromatic carbocycles. The van der Waals surface area contributed by atoms with Crippen molar-refractivity contribution in [2.45, 2.75) is 46.1 Å². The van der Waals surface area contributed by atoms with E-state index in [1.807, 2.05) is 7.05 Å². The van der Waals surface area contributed by atoms with Gasteiger partial charge in [-0.3, -0.25) is 4.79 Å². The van der Waals surface area contributed by atoms with Gasteiger partial charge >= 0.3 is 0 Å². The first-order valence-corrected chi connectivity index (χ1v) is 6.19. The largest absolute Gasteiger partial charge is 0.392 e. The maximum Gasteiger partial charge on any atom is 0.137 e. The average Bonchev–Trinajstić information content (AvgIpc) is 2.09. The summed E-state index contributed by atoms with van der Waals surface area (Å²) < 4.78 is 0. The lowest BCUT2D eigenvalue weighted by atomic mass is 9.71. The molecule has 1 saturated carbocycles. The summed E-state index contributed by atoms with van der Waals surface area (Å²) in [6, 6.07) is 0. The van der Waals surface area contributed by atoms with E-state index in [-0.39, 0.29) is 12.0 Å². The quantitative estimate of drug-likeness (QED) is 0.794. The van der Waals surface area contributed by atoms with E-state index in [4.69, 9.17) is 0 Å². The molecule has 0 heterocycles. The van der Waals surface area contributed by atoms with E-state index in [1.165, 1.54) is 0 Å². The molecule has 0 radical (unpaired) electrons. The van der Waals surface area contributed by atoms with Gasteiger partial charge in [0, 0.05) is 25.4 Å². The number of hydrogen-bond acceptors (Lipinski definition) is 3. The summed E-state index contributed by atoms with van der Waals surface area (Å²) in [5.74, 6) is 0.560. The lowest BCUT2D eigenvalue weighted by molar-refractivity contribution is -0.127. The molecule has 0 amide bonds. The summed E-state index contributed by atoms with van der Waals surface area (Å²) >= 11 is 0. The van der Waals surface area contributed by atoms with E-state index in [9.17, 15) is 9.90 Å². The molecule has 16 heavy (non-hydrogen) atoms. The highest BCUT2D eigenvalue weighted by Gasteiger charge is 2.33. The van der Waals surface area contributed by atoms with Gasteiger partial charge in [0.15, 0.2) is 0 Å². The summed E-state index contributed by atoms with van der Waals surface area (Å²) in [4.78, 5) is 13.9. The van der Waals surface area contributed by atoms with Crippen LogP contribution in [0.4, 0.5) is 0 Å². The summed E-state index contributed by atoms with van der Waals surface area (Å²) in [5.41, 5.74) is 0.296. The number of aliphatic hydroxyl groups excluding tert-OH is 1. The maximum atomic E-state index is 11.8. The molecule has 1 fully saturated rings. The van der Waals surface area contributed by atoms with E-state index < -0.39 is 0 Å². The fourth-order valence-electron chi connectivity index (χ4n) is 2.62.